The first-order chi connectivity index (χ1) is 6.79. The van der Waals surface area contributed by atoms with Crippen LogP contribution in [0.5, 0.6) is 0 Å². The van der Waals surface area contributed by atoms with Crippen molar-refractivity contribution in [1.82, 2.24) is 9.88 Å². The zero-order valence-corrected chi connectivity index (χ0v) is 9.59. The SMILES string of the molecule is CCCNCc1cccn1C(C)CC. The van der Waals surface area contributed by atoms with E-state index in [4.69, 9.17) is 0 Å². The minimum Gasteiger partial charge on any atom is -0.347 e. The average Bonchev–Trinajstić information content (AvgIpc) is 2.65. The van der Waals surface area contributed by atoms with Crippen LogP contribution in [0.4, 0.5) is 0 Å². The van der Waals surface area contributed by atoms with Gasteiger partial charge in [0.05, 0.1) is 0 Å². The van der Waals surface area contributed by atoms with Gasteiger partial charge < -0.3 is 9.88 Å². The molecule has 0 aliphatic heterocycles. The Hall–Kier alpha value is -0.760. The fourth-order valence-corrected chi connectivity index (χ4v) is 1.60. The highest BCUT2D eigenvalue weighted by atomic mass is 15.0. The van der Waals surface area contributed by atoms with E-state index in [0.717, 1.165) is 13.1 Å². The Kier molecular flexibility index (Phi) is 4.74. The fourth-order valence-electron chi connectivity index (χ4n) is 1.60. The number of nitrogens with zero attached hydrogens (tertiary/aromatic N) is 1. The number of hydrogen-bond acceptors (Lipinski definition) is 1. The van der Waals surface area contributed by atoms with Crippen LogP contribution in [0, 0.1) is 0 Å². The van der Waals surface area contributed by atoms with Gasteiger partial charge in [0.15, 0.2) is 0 Å². The topological polar surface area (TPSA) is 17.0 Å². The minimum atomic E-state index is 0.614. The van der Waals surface area contributed by atoms with Gasteiger partial charge in [-0.3, -0.25) is 0 Å². The molecule has 0 radical (unpaired) electrons. The second-order valence-corrected chi connectivity index (χ2v) is 3.84. The van der Waals surface area contributed by atoms with Crippen LogP contribution in [-0.4, -0.2) is 11.1 Å². The molecule has 0 bridgehead atoms. The van der Waals surface area contributed by atoms with E-state index in [1.54, 1.807) is 0 Å². The van der Waals surface area contributed by atoms with Crippen LogP contribution < -0.4 is 5.32 Å². The maximum Gasteiger partial charge on any atom is 0.0359 e. The minimum absolute atomic E-state index is 0.614. The van der Waals surface area contributed by atoms with Crippen LogP contribution in [0.1, 0.15) is 45.3 Å². The first-order valence-electron chi connectivity index (χ1n) is 5.66. The van der Waals surface area contributed by atoms with Crippen molar-refractivity contribution in [2.24, 2.45) is 0 Å². The monoisotopic (exact) mass is 194 g/mol. The van der Waals surface area contributed by atoms with Crippen molar-refractivity contribution in [3.05, 3.63) is 24.0 Å². The number of aromatic nitrogens is 1. The van der Waals surface area contributed by atoms with Gasteiger partial charge in [-0.05, 0) is 38.4 Å². The predicted octanol–water partition coefficient (Wildman–Crippen LogP) is 2.96. The molecule has 0 saturated heterocycles. The Bertz CT molecular complexity index is 253. The van der Waals surface area contributed by atoms with E-state index in [9.17, 15) is 0 Å². The number of hydrogen-bond donors (Lipinski definition) is 1. The second kappa shape index (κ2) is 5.86. The van der Waals surface area contributed by atoms with Gasteiger partial charge in [0.25, 0.3) is 0 Å². The summed E-state index contributed by atoms with van der Waals surface area (Å²) in [4.78, 5) is 0. The van der Waals surface area contributed by atoms with Gasteiger partial charge in [-0.25, -0.2) is 0 Å². The van der Waals surface area contributed by atoms with E-state index in [-0.39, 0.29) is 0 Å². The van der Waals surface area contributed by atoms with Crippen molar-refractivity contribution < 1.29 is 0 Å². The summed E-state index contributed by atoms with van der Waals surface area (Å²) in [5.41, 5.74) is 1.40. The summed E-state index contributed by atoms with van der Waals surface area (Å²) in [5, 5.41) is 3.44. The Labute approximate surface area is 87.3 Å². The Balaban J connectivity index is 2.53. The molecule has 0 fully saturated rings. The Morgan fingerprint density at radius 1 is 1.43 bits per heavy atom. The molecule has 0 amide bonds. The lowest BCUT2D eigenvalue weighted by Crippen LogP contribution is -2.17. The van der Waals surface area contributed by atoms with Crippen LogP contribution in [0.25, 0.3) is 0 Å². The third-order valence-electron chi connectivity index (χ3n) is 2.67. The van der Waals surface area contributed by atoms with Crippen molar-refractivity contribution in [2.45, 2.75) is 46.2 Å². The lowest BCUT2D eigenvalue weighted by molar-refractivity contribution is 0.502. The van der Waals surface area contributed by atoms with Crippen molar-refractivity contribution in [3.8, 4) is 0 Å². The lowest BCUT2D eigenvalue weighted by atomic mass is 10.2. The molecule has 1 N–H and O–H groups in total. The first-order valence-corrected chi connectivity index (χ1v) is 5.66. The van der Waals surface area contributed by atoms with E-state index in [2.05, 4.69) is 49.0 Å². The summed E-state index contributed by atoms with van der Waals surface area (Å²) in [5.74, 6) is 0. The van der Waals surface area contributed by atoms with Gasteiger partial charge >= 0.3 is 0 Å². The first kappa shape index (κ1) is 11.3. The number of nitrogens with one attached hydrogen (secondary N) is 1. The van der Waals surface area contributed by atoms with Crippen molar-refractivity contribution in [3.63, 3.8) is 0 Å². The van der Waals surface area contributed by atoms with Gasteiger partial charge in [-0.2, -0.15) is 0 Å². The molecule has 1 aromatic rings. The van der Waals surface area contributed by atoms with Crippen LogP contribution in [0.2, 0.25) is 0 Å². The number of rotatable bonds is 6. The van der Waals surface area contributed by atoms with E-state index < -0.39 is 0 Å². The highest BCUT2D eigenvalue weighted by Crippen LogP contribution is 2.14. The van der Waals surface area contributed by atoms with E-state index in [1.165, 1.54) is 18.5 Å². The highest BCUT2D eigenvalue weighted by Gasteiger charge is 2.05. The zero-order valence-electron chi connectivity index (χ0n) is 9.59. The van der Waals surface area contributed by atoms with Crippen LogP contribution >= 0.6 is 0 Å². The molecule has 0 aliphatic rings. The molecular formula is C12H22N2. The molecule has 1 rings (SSSR count). The van der Waals surface area contributed by atoms with Crippen LogP contribution in [0.3, 0.4) is 0 Å². The molecule has 0 saturated carbocycles. The Morgan fingerprint density at radius 2 is 2.21 bits per heavy atom. The van der Waals surface area contributed by atoms with Crippen molar-refractivity contribution >= 4 is 0 Å². The summed E-state index contributed by atoms with van der Waals surface area (Å²) >= 11 is 0. The molecular weight excluding hydrogens is 172 g/mol. The normalized spacial score (nSPS) is 13.1. The molecule has 1 aromatic heterocycles. The zero-order chi connectivity index (χ0) is 10.4. The largest absolute Gasteiger partial charge is 0.347 e. The van der Waals surface area contributed by atoms with Gasteiger partial charge in [0.1, 0.15) is 0 Å². The molecule has 14 heavy (non-hydrogen) atoms. The third-order valence-corrected chi connectivity index (χ3v) is 2.67. The molecule has 1 atom stereocenters. The van der Waals surface area contributed by atoms with Gasteiger partial charge in [0.2, 0.25) is 0 Å². The average molecular weight is 194 g/mol. The van der Waals surface area contributed by atoms with E-state index >= 15 is 0 Å². The lowest BCUT2D eigenvalue weighted by Gasteiger charge is -2.15. The third kappa shape index (κ3) is 2.88. The molecule has 80 valence electrons. The molecule has 2 heteroatoms. The molecule has 1 heterocycles. The van der Waals surface area contributed by atoms with Gasteiger partial charge in [-0.15, -0.1) is 0 Å². The van der Waals surface area contributed by atoms with Crippen molar-refractivity contribution in [2.75, 3.05) is 6.54 Å². The van der Waals surface area contributed by atoms with Gasteiger partial charge in [0, 0.05) is 24.5 Å². The summed E-state index contributed by atoms with van der Waals surface area (Å²) in [6, 6.07) is 4.95. The molecule has 0 aliphatic carbocycles. The van der Waals surface area contributed by atoms with Gasteiger partial charge in [-0.1, -0.05) is 13.8 Å². The Morgan fingerprint density at radius 3 is 2.86 bits per heavy atom. The molecule has 1 unspecified atom stereocenters. The summed E-state index contributed by atoms with van der Waals surface area (Å²) in [7, 11) is 0. The van der Waals surface area contributed by atoms with Crippen LogP contribution in [-0.2, 0) is 6.54 Å². The summed E-state index contributed by atoms with van der Waals surface area (Å²) in [6.07, 6.45) is 4.57. The van der Waals surface area contributed by atoms with Crippen LogP contribution in [0.15, 0.2) is 18.3 Å². The second-order valence-electron chi connectivity index (χ2n) is 3.84. The summed E-state index contributed by atoms with van der Waals surface area (Å²) in [6.45, 7) is 8.79. The van der Waals surface area contributed by atoms with E-state index in [0.29, 0.717) is 6.04 Å². The smallest absolute Gasteiger partial charge is 0.0359 e. The maximum atomic E-state index is 3.44. The van der Waals surface area contributed by atoms with Crippen molar-refractivity contribution in [1.29, 1.82) is 0 Å². The predicted molar refractivity (Wildman–Crippen MR) is 61.4 cm³/mol. The highest BCUT2D eigenvalue weighted by molar-refractivity contribution is 5.08. The molecule has 0 spiro atoms. The maximum absolute atomic E-state index is 3.44. The molecule has 2 nitrogen and oxygen atoms in total. The quantitative estimate of drug-likeness (QED) is 0.689. The molecule has 0 aromatic carbocycles. The summed E-state index contributed by atoms with van der Waals surface area (Å²) < 4.78 is 2.36. The van der Waals surface area contributed by atoms with E-state index in [1.807, 2.05) is 0 Å². The standard InChI is InChI=1S/C12H22N2/c1-4-8-13-10-12-7-6-9-14(12)11(3)5-2/h6-7,9,11,13H,4-5,8,10H2,1-3H3. The fraction of sp³-hybridized carbons (Fsp3) is 0.667.